The molecule has 1 aromatic carbocycles. The Morgan fingerprint density at radius 1 is 1.24 bits per heavy atom. The third-order valence-corrected chi connectivity index (χ3v) is 5.69. The predicted molar refractivity (Wildman–Crippen MR) is 109 cm³/mol. The third-order valence-electron chi connectivity index (χ3n) is 5.69. The van der Waals surface area contributed by atoms with Crippen LogP contribution in [0.4, 0.5) is 5.69 Å². The molecule has 1 fully saturated rings. The molecular formula is C22H28N4O3. The molecule has 2 aromatic rings. The summed E-state index contributed by atoms with van der Waals surface area (Å²) >= 11 is 0. The number of rotatable bonds is 4. The number of nitrogens with one attached hydrogen (secondary N) is 1. The van der Waals surface area contributed by atoms with Crippen LogP contribution in [0.25, 0.3) is 0 Å². The van der Waals surface area contributed by atoms with Gasteiger partial charge in [-0.25, -0.2) is 4.98 Å². The summed E-state index contributed by atoms with van der Waals surface area (Å²) in [4.78, 5) is 31.8. The molecule has 7 nitrogen and oxygen atoms in total. The van der Waals surface area contributed by atoms with Crippen LogP contribution in [-0.4, -0.2) is 45.5 Å². The van der Waals surface area contributed by atoms with E-state index < -0.39 is 11.7 Å². The lowest BCUT2D eigenvalue weighted by Crippen LogP contribution is -2.54. The van der Waals surface area contributed by atoms with Gasteiger partial charge < -0.3 is 19.5 Å². The van der Waals surface area contributed by atoms with Crippen molar-refractivity contribution in [1.29, 1.82) is 0 Å². The zero-order valence-electron chi connectivity index (χ0n) is 17.0. The van der Waals surface area contributed by atoms with E-state index in [1.165, 1.54) is 0 Å². The van der Waals surface area contributed by atoms with Gasteiger partial charge in [0.1, 0.15) is 11.4 Å². The Labute approximate surface area is 171 Å². The van der Waals surface area contributed by atoms with Gasteiger partial charge in [0.15, 0.2) is 6.10 Å². The highest BCUT2D eigenvalue weighted by molar-refractivity contribution is 5.94. The van der Waals surface area contributed by atoms with Crippen LogP contribution in [0.3, 0.4) is 0 Å². The number of amides is 2. The molecular weight excluding hydrogens is 368 g/mol. The van der Waals surface area contributed by atoms with Gasteiger partial charge in [0, 0.05) is 50.4 Å². The molecule has 0 aliphatic carbocycles. The van der Waals surface area contributed by atoms with Crippen LogP contribution in [0.2, 0.25) is 0 Å². The average molecular weight is 396 g/mol. The number of imidazole rings is 1. The molecule has 2 aliphatic heterocycles. The Bertz CT molecular complexity index is 869. The van der Waals surface area contributed by atoms with E-state index in [9.17, 15) is 9.59 Å². The number of hydrogen-bond donors (Lipinski definition) is 1. The van der Waals surface area contributed by atoms with Crippen LogP contribution >= 0.6 is 0 Å². The molecule has 1 atom stereocenters. The lowest BCUT2D eigenvalue weighted by Gasteiger charge is -2.45. The molecule has 1 N–H and O–H groups in total. The fraction of sp³-hybridized carbons (Fsp3) is 0.500. The first-order valence-corrected chi connectivity index (χ1v) is 10.3. The van der Waals surface area contributed by atoms with E-state index in [1.54, 1.807) is 6.20 Å². The second kappa shape index (κ2) is 7.99. The van der Waals surface area contributed by atoms with Crippen molar-refractivity contribution in [2.75, 3.05) is 18.4 Å². The highest BCUT2D eigenvalue weighted by Gasteiger charge is 2.47. The van der Waals surface area contributed by atoms with E-state index in [-0.39, 0.29) is 11.8 Å². The maximum atomic E-state index is 12.9. The molecule has 2 aliphatic rings. The molecule has 1 saturated heterocycles. The molecule has 4 rings (SSSR count). The average Bonchev–Trinajstić information content (AvgIpc) is 3.18. The fourth-order valence-electron chi connectivity index (χ4n) is 4.21. The van der Waals surface area contributed by atoms with Crippen LogP contribution in [-0.2, 0) is 26.5 Å². The smallest absolute Gasteiger partial charge is 0.255 e. The van der Waals surface area contributed by atoms with Crippen LogP contribution in [0.5, 0.6) is 0 Å². The van der Waals surface area contributed by atoms with Gasteiger partial charge in [0.05, 0.1) is 6.54 Å². The first-order chi connectivity index (χ1) is 14.0. The van der Waals surface area contributed by atoms with Crippen LogP contribution in [0, 0.1) is 5.92 Å². The quantitative estimate of drug-likeness (QED) is 0.862. The monoisotopic (exact) mass is 396 g/mol. The minimum absolute atomic E-state index is 0.159. The van der Waals surface area contributed by atoms with Crippen molar-refractivity contribution in [3.05, 3.63) is 48.5 Å². The number of piperidine rings is 1. The summed E-state index contributed by atoms with van der Waals surface area (Å²) in [6, 6.07) is 9.40. The molecule has 7 heteroatoms. The van der Waals surface area contributed by atoms with E-state index in [2.05, 4.69) is 24.1 Å². The summed E-state index contributed by atoms with van der Waals surface area (Å²) in [5, 5.41) is 2.94. The largest absolute Gasteiger partial charge is 0.352 e. The van der Waals surface area contributed by atoms with E-state index in [4.69, 9.17) is 4.74 Å². The van der Waals surface area contributed by atoms with Gasteiger partial charge in [-0.2, -0.15) is 0 Å². The van der Waals surface area contributed by atoms with E-state index in [0.717, 1.165) is 11.5 Å². The topological polar surface area (TPSA) is 76.5 Å². The Kier molecular flexibility index (Phi) is 5.41. The number of nitrogens with zero attached hydrogens (tertiary/aromatic N) is 3. The number of likely N-dealkylation sites (tertiary alicyclic amines) is 1. The molecule has 1 spiro atoms. The van der Waals surface area contributed by atoms with Crippen molar-refractivity contribution >= 4 is 17.5 Å². The van der Waals surface area contributed by atoms with E-state index in [1.807, 2.05) is 46.0 Å². The molecule has 2 amide bonds. The van der Waals surface area contributed by atoms with Crippen molar-refractivity contribution in [2.45, 2.75) is 51.4 Å². The molecule has 1 unspecified atom stereocenters. The first kappa shape index (κ1) is 19.6. The molecule has 0 bridgehead atoms. The maximum Gasteiger partial charge on any atom is 0.255 e. The fourth-order valence-corrected chi connectivity index (χ4v) is 4.21. The molecule has 29 heavy (non-hydrogen) atoms. The number of fused-ring (bicyclic) bond motifs is 2. The molecule has 3 heterocycles. The van der Waals surface area contributed by atoms with Crippen molar-refractivity contribution in [3.63, 3.8) is 0 Å². The lowest BCUT2D eigenvalue weighted by atomic mass is 9.88. The van der Waals surface area contributed by atoms with Crippen molar-refractivity contribution in [3.8, 4) is 0 Å². The van der Waals surface area contributed by atoms with Crippen LogP contribution in [0.1, 0.15) is 38.9 Å². The minimum atomic E-state index is -0.630. The lowest BCUT2D eigenvalue weighted by molar-refractivity contribution is -0.172. The zero-order valence-corrected chi connectivity index (χ0v) is 17.0. The van der Waals surface area contributed by atoms with Gasteiger partial charge in [-0.15, -0.1) is 0 Å². The first-order valence-electron chi connectivity index (χ1n) is 10.3. The van der Waals surface area contributed by atoms with Gasteiger partial charge in [0.25, 0.3) is 5.91 Å². The molecule has 0 saturated carbocycles. The Morgan fingerprint density at radius 2 is 1.97 bits per heavy atom. The SMILES string of the molecule is CC(C)CC(=O)N1CCC2(CC1)OC(C(=O)Nc1ccccc1)Cn1ccnc12. The summed E-state index contributed by atoms with van der Waals surface area (Å²) in [7, 11) is 0. The van der Waals surface area contributed by atoms with Gasteiger partial charge in [-0.05, 0) is 18.1 Å². The molecule has 154 valence electrons. The van der Waals surface area contributed by atoms with Gasteiger partial charge in [0.2, 0.25) is 5.91 Å². The standard InChI is InChI=1S/C22H28N4O3/c1-16(2)14-19(27)25-11-8-22(9-12-25)21-23-10-13-26(21)15-18(29-22)20(28)24-17-6-4-3-5-7-17/h3-7,10,13,16,18H,8-9,11-12,14-15H2,1-2H3,(H,24,28). The Morgan fingerprint density at radius 3 is 2.66 bits per heavy atom. The second-order valence-electron chi connectivity index (χ2n) is 8.34. The minimum Gasteiger partial charge on any atom is -0.352 e. The number of hydrogen-bond acceptors (Lipinski definition) is 4. The second-order valence-corrected chi connectivity index (χ2v) is 8.34. The Balaban J connectivity index is 1.49. The number of para-hydroxylation sites is 1. The summed E-state index contributed by atoms with van der Waals surface area (Å²) in [5.74, 6) is 1.23. The maximum absolute atomic E-state index is 12.9. The summed E-state index contributed by atoms with van der Waals surface area (Å²) in [5.41, 5.74) is 0.121. The van der Waals surface area contributed by atoms with Gasteiger partial charge in [-0.1, -0.05) is 32.0 Å². The number of ether oxygens (including phenoxy) is 1. The predicted octanol–water partition coefficient (Wildman–Crippen LogP) is 2.78. The molecule has 0 radical (unpaired) electrons. The summed E-state index contributed by atoms with van der Waals surface area (Å²) < 4.78 is 8.43. The number of aromatic nitrogens is 2. The summed E-state index contributed by atoms with van der Waals surface area (Å²) in [6.07, 6.45) is 4.90. The number of carbonyl (C=O) groups excluding carboxylic acids is 2. The van der Waals surface area contributed by atoms with Crippen LogP contribution in [0.15, 0.2) is 42.7 Å². The van der Waals surface area contributed by atoms with Crippen molar-refractivity contribution in [1.82, 2.24) is 14.5 Å². The molecule has 1 aromatic heterocycles. The highest BCUT2D eigenvalue weighted by atomic mass is 16.5. The highest BCUT2D eigenvalue weighted by Crippen LogP contribution is 2.40. The van der Waals surface area contributed by atoms with Crippen molar-refractivity contribution < 1.29 is 14.3 Å². The van der Waals surface area contributed by atoms with Gasteiger partial charge >= 0.3 is 0 Å². The normalized spacial score (nSPS) is 20.5. The van der Waals surface area contributed by atoms with E-state index >= 15 is 0 Å². The van der Waals surface area contributed by atoms with Gasteiger partial charge in [-0.3, -0.25) is 9.59 Å². The van der Waals surface area contributed by atoms with Crippen molar-refractivity contribution in [2.24, 2.45) is 5.92 Å². The third kappa shape index (κ3) is 4.05. The number of anilines is 1. The number of benzene rings is 1. The van der Waals surface area contributed by atoms with Crippen LogP contribution < -0.4 is 5.32 Å². The zero-order chi connectivity index (χ0) is 20.4. The summed E-state index contributed by atoms with van der Waals surface area (Å²) in [6.45, 7) is 5.78. The number of carbonyl (C=O) groups is 2. The Hall–Kier alpha value is -2.67. The van der Waals surface area contributed by atoms with E-state index in [0.29, 0.717) is 44.8 Å².